The average Bonchev–Trinajstić information content (AvgIpc) is 2.13. The van der Waals surface area contributed by atoms with Gasteiger partial charge < -0.3 is 15.6 Å². The molecule has 0 saturated heterocycles. The Kier molecular flexibility index (Phi) is 6.64. The maximum Gasteiger partial charge on any atom is 0.317 e. The van der Waals surface area contributed by atoms with Gasteiger partial charge in [0, 0.05) is 26.1 Å². The van der Waals surface area contributed by atoms with E-state index in [0.717, 1.165) is 0 Å². The summed E-state index contributed by atoms with van der Waals surface area (Å²) in [5.41, 5.74) is 5.10. The lowest BCUT2D eigenvalue weighted by atomic mass is 10.1. The quantitative estimate of drug-likeness (QED) is 0.553. The number of methoxy groups -OCH3 is 1. The van der Waals surface area contributed by atoms with Gasteiger partial charge in [0.25, 0.3) is 0 Å². The molecule has 0 saturated carbocycles. The van der Waals surface area contributed by atoms with Crippen LogP contribution in [0.5, 0.6) is 0 Å². The van der Waals surface area contributed by atoms with E-state index in [-0.39, 0.29) is 12.5 Å². The number of rotatable bonds is 8. The van der Waals surface area contributed by atoms with Gasteiger partial charge in [-0.15, -0.1) is 0 Å². The van der Waals surface area contributed by atoms with Crippen LogP contribution < -0.4 is 5.73 Å². The van der Waals surface area contributed by atoms with E-state index in [1.165, 1.54) is 7.11 Å². The molecule has 0 heterocycles. The van der Waals surface area contributed by atoms with E-state index in [1.807, 2.05) is 0 Å². The Labute approximate surface area is 89.0 Å². The fraction of sp³-hybridized carbons (Fsp3) is 0.778. The number of carbonyl (C=O) groups is 2. The fourth-order valence-corrected chi connectivity index (χ4v) is 1.12. The van der Waals surface area contributed by atoms with E-state index in [2.05, 4.69) is 0 Å². The largest absolute Gasteiger partial charge is 0.480 e. The van der Waals surface area contributed by atoms with Crippen LogP contribution in [-0.4, -0.2) is 55.2 Å². The molecule has 6 heteroatoms. The third kappa shape index (κ3) is 6.87. The lowest BCUT2D eigenvalue weighted by Crippen LogP contribution is -2.39. The Morgan fingerprint density at radius 3 is 2.53 bits per heavy atom. The summed E-state index contributed by atoms with van der Waals surface area (Å²) in [7, 11) is 1.54. The van der Waals surface area contributed by atoms with Gasteiger partial charge in [-0.2, -0.15) is 0 Å². The molecule has 88 valence electrons. The Morgan fingerprint density at radius 2 is 2.13 bits per heavy atom. The number of primary amides is 1. The second kappa shape index (κ2) is 7.19. The van der Waals surface area contributed by atoms with Crippen molar-refractivity contribution in [1.82, 2.24) is 4.90 Å². The SMILES string of the molecule is COCCN(CC(=O)O)CC(C)C(N)=O. The normalized spacial score (nSPS) is 12.7. The predicted molar refractivity (Wildman–Crippen MR) is 54.3 cm³/mol. The van der Waals surface area contributed by atoms with E-state index in [9.17, 15) is 9.59 Å². The van der Waals surface area contributed by atoms with Crippen LogP contribution in [0.1, 0.15) is 6.92 Å². The maximum absolute atomic E-state index is 10.8. The van der Waals surface area contributed by atoms with E-state index >= 15 is 0 Å². The van der Waals surface area contributed by atoms with Crippen LogP contribution in [0.4, 0.5) is 0 Å². The van der Waals surface area contributed by atoms with Crippen molar-refractivity contribution in [1.29, 1.82) is 0 Å². The monoisotopic (exact) mass is 218 g/mol. The standard InChI is InChI=1S/C9H18N2O4/c1-7(9(10)14)5-11(3-4-15-2)6-8(12)13/h7H,3-6H2,1-2H3,(H2,10,14)(H,12,13). The maximum atomic E-state index is 10.8. The first kappa shape index (κ1) is 13.9. The lowest BCUT2D eigenvalue weighted by Gasteiger charge is -2.22. The van der Waals surface area contributed by atoms with Crippen LogP contribution in [0, 0.1) is 5.92 Å². The minimum atomic E-state index is -0.928. The fourth-order valence-electron chi connectivity index (χ4n) is 1.12. The van der Waals surface area contributed by atoms with Crippen molar-refractivity contribution in [3.63, 3.8) is 0 Å². The van der Waals surface area contributed by atoms with Crippen LogP contribution in [0.2, 0.25) is 0 Å². The second-order valence-corrected chi connectivity index (χ2v) is 3.43. The van der Waals surface area contributed by atoms with Gasteiger partial charge in [-0.25, -0.2) is 0 Å². The Morgan fingerprint density at radius 1 is 1.53 bits per heavy atom. The van der Waals surface area contributed by atoms with Crippen LogP contribution in [0.15, 0.2) is 0 Å². The number of hydrogen-bond acceptors (Lipinski definition) is 4. The zero-order valence-corrected chi connectivity index (χ0v) is 9.10. The van der Waals surface area contributed by atoms with Crippen molar-refractivity contribution in [3.05, 3.63) is 0 Å². The molecule has 0 rings (SSSR count). The van der Waals surface area contributed by atoms with Crippen molar-refractivity contribution in [2.24, 2.45) is 11.7 Å². The number of nitrogens with zero attached hydrogens (tertiary/aromatic N) is 1. The lowest BCUT2D eigenvalue weighted by molar-refractivity contribution is -0.139. The van der Waals surface area contributed by atoms with Gasteiger partial charge in [0.1, 0.15) is 0 Å². The number of aliphatic carboxylic acids is 1. The van der Waals surface area contributed by atoms with Gasteiger partial charge in [-0.1, -0.05) is 6.92 Å². The van der Waals surface area contributed by atoms with Crippen molar-refractivity contribution >= 4 is 11.9 Å². The number of carbonyl (C=O) groups excluding carboxylic acids is 1. The molecule has 3 N–H and O–H groups in total. The molecule has 0 spiro atoms. The van der Waals surface area contributed by atoms with Gasteiger partial charge in [-0.05, 0) is 0 Å². The molecule has 0 fully saturated rings. The number of nitrogens with two attached hydrogens (primary N) is 1. The molecular weight excluding hydrogens is 200 g/mol. The third-order valence-electron chi connectivity index (χ3n) is 1.99. The molecule has 1 atom stereocenters. The molecule has 1 unspecified atom stereocenters. The first-order chi connectivity index (χ1) is 6.97. The Hall–Kier alpha value is -1.14. The highest BCUT2D eigenvalue weighted by molar-refractivity contribution is 5.76. The van der Waals surface area contributed by atoms with E-state index in [1.54, 1.807) is 11.8 Å². The van der Waals surface area contributed by atoms with Crippen molar-refractivity contribution in [3.8, 4) is 0 Å². The highest BCUT2D eigenvalue weighted by atomic mass is 16.5. The van der Waals surface area contributed by atoms with Crippen molar-refractivity contribution in [2.75, 3.05) is 33.4 Å². The summed E-state index contributed by atoms with van der Waals surface area (Å²) in [5.74, 6) is -1.72. The molecule has 0 aromatic carbocycles. The van der Waals surface area contributed by atoms with Crippen molar-refractivity contribution in [2.45, 2.75) is 6.92 Å². The van der Waals surface area contributed by atoms with Crippen molar-refractivity contribution < 1.29 is 19.4 Å². The van der Waals surface area contributed by atoms with Crippen LogP contribution in [-0.2, 0) is 14.3 Å². The summed E-state index contributed by atoms with van der Waals surface area (Å²) in [5, 5.41) is 8.64. The molecule has 15 heavy (non-hydrogen) atoms. The van der Waals surface area contributed by atoms with Gasteiger partial charge >= 0.3 is 5.97 Å². The van der Waals surface area contributed by atoms with Gasteiger partial charge in [0.05, 0.1) is 13.2 Å². The molecule has 0 aromatic heterocycles. The Bertz CT molecular complexity index is 220. The van der Waals surface area contributed by atoms with Crippen LogP contribution in [0.25, 0.3) is 0 Å². The zero-order chi connectivity index (χ0) is 11.8. The summed E-state index contributed by atoms with van der Waals surface area (Å²) in [6, 6.07) is 0. The summed E-state index contributed by atoms with van der Waals surface area (Å²) >= 11 is 0. The highest BCUT2D eigenvalue weighted by Gasteiger charge is 2.16. The number of amides is 1. The van der Waals surface area contributed by atoms with Gasteiger partial charge in [-0.3, -0.25) is 14.5 Å². The molecular formula is C9H18N2O4. The summed E-state index contributed by atoms with van der Waals surface area (Å²) < 4.78 is 4.85. The molecule has 0 aliphatic heterocycles. The second-order valence-electron chi connectivity index (χ2n) is 3.43. The first-order valence-electron chi connectivity index (χ1n) is 4.69. The molecule has 0 radical (unpaired) electrons. The third-order valence-corrected chi connectivity index (χ3v) is 1.99. The van der Waals surface area contributed by atoms with E-state index < -0.39 is 11.9 Å². The van der Waals surface area contributed by atoms with Gasteiger partial charge in [0.15, 0.2) is 0 Å². The van der Waals surface area contributed by atoms with E-state index in [0.29, 0.717) is 19.7 Å². The number of carboxylic acids is 1. The summed E-state index contributed by atoms with van der Waals surface area (Å²) in [4.78, 5) is 23.0. The summed E-state index contributed by atoms with van der Waals surface area (Å²) in [6.07, 6.45) is 0. The first-order valence-corrected chi connectivity index (χ1v) is 4.69. The smallest absolute Gasteiger partial charge is 0.317 e. The zero-order valence-electron chi connectivity index (χ0n) is 9.10. The average molecular weight is 218 g/mol. The minimum absolute atomic E-state index is 0.110. The molecule has 0 bridgehead atoms. The topological polar surface area (TPSA) is 92.9 Å². The molecule has 0 aliphatic rings. The highest BCUT2D eigenvalue weighted by Crippen LogP contribution is 1.99. The predicted octanol–water partition coefficient (Wildman–Crippen LogP) is -0.859. The van der Waals surface area contributed by atoms with Crippen LogP contribution in [0.3, 0.4) is 0 Å². The number of hydrogen-bond donors (Lipinski definition) is 2. The molecule has 6 nitrogen and oxygen atoms in total. The number of ether oxygens (including phenoxy) is 1. The van der Waals surface area contributed by atoms with Gasteiger partial charge in [0.2, 0.25) is 5.91 Å². The summed E-state index contributed by atoms with van der Waals surface area (Å²) in [6.45, 7) is 2.80. The number of carboxylic acid groups (broad SMARTS) is 1. The molecule has 1 amide bonds. The van der Waals surface area contributed by atoms with E-state index in [4.69, 9.17) is 15.6 Å². The molecule has 0 aromatic rings. The molecule has 0 aliphatic carbocycles. The Balaban J connectivity index is 4.10. The minimum Gasteiger partial charge on any atom is -0.480 e. The van der Waals surface area contributed by atoms with Crippen LogP contribution >= 0.6 is 0 Å².